The van der Waals surface area contributed by atoms with Gasteiger partial charge in [-0.3, -0.25) is 0 Å². The maximum Gasteiger partial charge on any atom is 0.0615 e. The molecule has 0 aromatic heterocycles. The molecule has 1 N–H and O–H groups in total. The van der Waals surface area contributed by atoms with Crippen LogP contribution in [0.15, 0.2) is 36.5 Å². The zero-order valence-electron chi connectivity index (χ0n) is 6.62. The van der Waals surface area contributed by atoms with E-state index in [1.165, 1.54) is 0 Å². The lowest BCUT2D eigenvalue weighted by Crippen LogP contribution is -1.66. The van der Waals surface area contributed by atoms with Gasteiger partial charge in [0.2, 0.25) is 0 Å². The number of aliphatic hydroxyl groups excluding tert-OH is 1. The molecule has 0 aliphatic carbocycles. The molecule has 0 fully saturated rings. The largest absolute Gasteiger partial charge is 0.392 e. The summed E-state index contributed by atoms with van der Waals surface area (Å²) in [5, 5.41) is 8.35. The second kappa shape index (κ2) is 8.74. The summed E-state index contributed by atoms with van der Waals surface area (Å²) in [4.78, 5) is 0. The van der Waals surface area contributed by atoms with Crippen molar-refractivity contribution in [2.75, 3.05) is 6.61 Å². The van der Waals surface area contributed by atoms with Gasteiger partial charge in [0.05, 0.1) is 6.61 Å². The molecule has 0 rings (SSSR count). The molecule has 0 saturated heterocycles. The van der Waals surface area contributed by atoms with Crippen molar-refractivity contribution in [2.45, 2.75) is 6.92 Å². The summed E-state index contributed by atoms with van der Waals surface area (Å²) < 4.78 is 0. The maximum absolute atomic E-state index is 8.35. The topological polar surface area (TPSA) is 20.2 Å². The Morgan fingerprint density at radius 3 is 2.55 bits per heavy atom. The molecule has 0 spiro atoms. The first-order valence-corrected chi connectivity index (χ1v) is 3.43. The zero-order valence-corrected chi connectivity index (χ0v) is 6.62. The number of rotatable bonds is 3. The van der Waals surface area contributed by atoms with E-state index < -0.39 is 0 Å². The Bertz CT molecular complexity index is 211. The fourth-order valence-electron chi connectivity index (χ4n) is 0.455. The fourth-order valence-corrected chi connectivity index (χ4v) is 0.455. The molecule has 58 valence electrons. The van der Waals surface area contributed by atoms with Crippen molar-refractivity contribution in [3.63, 3.8) is 0 Å². The summed E-state index contributed by atoms with van der Waals surface area (Å²) in [6, 6.07) is 0. The monoisotopic (exact) mass is 148 g/mol. The third-order valence-electron chi connectivity index (χ3n) is 0.899. The van der Waals surface area contributed by atoms with Crippen molar-refractivity contribution >= 4 is 0 Å². The molecule has 0 amide bonds. The fraction of sp³-hybridized carbons (Fsp3) is 0.200. The van der Waals surface area contributed by atoms with Gasteiger partial charge in [-0.25, -0.2) is 0 Å². The zero-order chi connectivity index (χ0) is 8.36. The average molecular weight is 148 g/mol. The quantitative estimate of drug-likeness (QED) is 0.477. The van der Waals surface area contributed by atoms with Gasteiger partial charge in [0.1, 0.15) is 0 Å². The molecule has 0 heterocycles. The summed E-state index contributed by atoms with van der Waals surface area (Å²) in [6.45, 7) is 1.88. The number of hydrogen-bond donors (Lipinski definition) is 1. The Morgan fingerprint density at radius 1 is 1.18 bits per heavy atom. The van der Waals surface area contributed by atoms with E-state index in [1.54, 1.807) is 25.2 Å². The Hall–Kier alpha value is -1.26. The van der Waals surface area contributed by atoms with E-state index in [0.717, 1.165) is 0 Å². The van der Waals surface area contributed by atoms with Crippen LogP contribution in [0.3, 0.4) is 0 Å². The first-order valence-electron chi connectivity index (χ1n) is 3.43. The van der Waals surface area contributed by atoms with Gasteiger partial charge >= 0.3 is 0 Å². The molecular formula is C10H12O. The molecular weight excluding hydrogens is 136 g/mol. The Labute approximate surface area is 67.7 Å². The van der Waals surface area contributed by atoms with Crippen molar-refractivity contribution < 1.29 is 5.11 Å². The molecule has 0 atom stereocenters. The standard InChI is InChI=1S/C10H12O/c1-2-3-4-5-6-7-8-9-10-11/h4-9,11H,10H2,1H3/b5-4+,7-6+,9-8+. The summed E-state index contributed by atoms with van der Waals surface area (Å²) >= 11 is 0. The average Bonchev–Trinajstić information content (AvgIpc) is 2.03. The normalized spacial score (nSPS) is 11.1. The smallest absolute Gasteiger partial charge is 0.0615 e. The van der Waals surface area contributed by atoms with Gasteiger partial charge in [0.25, 0.3) is 0 Å². The van der Waals surface area contributed by atoms with E-state index >= 15 is 0 Å². The van der Waals surface area contributed by atoms with E-state index in [1.807, 2.05) is 18.2 Å². The molecule has 0 aromatic carbocycles. The first-order chi connectivity index (χ1) is 5.41. The lowest BCUT2D eigenvalue weighted by atomic mass is 10.4. The third kappa shape index (κ3) is 8.74. The highest BCUT2D eigenvalue weighted by molar-refractivity contribution is 5.20. The number of hydrogen-bond acceptors (Lipinski definition) is 1. The molecule has 11 heavy (non-hydrogen) atoms. The highest BCUT2D eigenvalue weighted by Crippen LogP contribution is 1.78. The maximum atomic E-state index is 8.35. The Morgan fingerprint density at radius 2 is 1.91 bits per heavy atom. The second-order valence-electron chi connectivity index (χ2n) is 1.75. The second-order valence-corrected chi connectivity index (χ2v) is 1.75. The van der Waals surface area contributed by atoms with Crippen molar-refractivity contribution in [3.8, 4) is 11.8 Å². The van der Waals surface area contributed by atoms with Crippen molar-refractivity contribution in [1.82, 2.24) is 0 Å². The van der Waals surface area contributed by atoms with Crippen LogP contribution in [0.25, 0.3) is 0 Å². The van der Waals surface area contributed by atoms with Gasteiger partial charge < -0.3 is 5.11 Å². The molecule has 0 unspecified atom stereocenters. The van der Waals surface area contributed by atoms with Crippen LogP contribution in [-0.2, 0) is 0 Å². The number of allylic oxidation sites excluding steroid dienone is 5. The molecule has 1 nitrogen and oxygen atoms in total. The predicted octanol–water partition coefficient (Wildman–Crippen LogP) is 1.67. The predicted molar refractivity (Wildman–Crippen MR) is 48.0 cm³/mol. The van der Waals surface area contributed by atoms with Crippen LogP contribution in [0, 0.1) is 11.8 Å². The first kappa shape index (κ1) is 9.74. The van der Waals surface area contributed by atoms with Crippen LogP contribution in [-0.4, -0.2) is 11.7 Å². The van der Waals surface area contributed by atoms with Gasteiger partial charge in [0, 0.05) is 0 Å². The van der Waals surface area contributed by atoms with Crippen LogP contribution in [0.4, 0.5) is 0 Å². The Balaban J connectivity index is 3.57. The highest BCUT2D eigenvalue weighted by atomic mass is 16.2. The van der Waals surface area contributed by atoms with Gasteiger partial charge in [-0.15, -0.1) is 5.92 Å². The van der Waals surface area contributed by atoms with Crippen molar-refractivity contribution in [1.29, 1.82) is 0 Å². The molecule has 0 aliphatic rings. The minimum atomic E-state index is 0.0861. The van der Waals surface area contributed by atoms with E-state index in [2.05, 4.69) is 11.8 Å². The molecule has 0 bridgehead atoms. The van der Waals surface area contributed by atoms with E-state index in [4.69, 9.17) is 5.11 Å². The van der Waals surface area contributed by atoms with Crippen LogP contribution in [0.1, 0.15) is 6.92 Å². The minimum absolute atomic E-state index is 0.0861. The Kier molecular flexibility index (Phi) is 7.74. The van der Waals surface area contributed by atoms with E-state index in [9.17, 15) is 0 Å². The van der Waals surface area contributed by atoms with E-state index in [-0.39, 0.29) is 6.61 Å². The van der Waals surface area contributed by atoms with Gasteiger partial charge in [-0.2, -0.15) is 0 Å². The lowest BCUT2D eigenvalue weighted by Gasteiger charge is -1.73. The van der Waals surface area contributed by atoms with Crippen LogP contribution in [0.2, 0.25) is 0 Å². The molecule has 0 radical (unpaired) electrons. The minimum Gasteiger partial charge on any atom is -0.392 e. The molecule has 1 heteroatoms. The van der Waals surface area contributed by atoms with Crippen molar-refractivity contribution in [2.24, 2.45) is 0 Å². The molecule has 0 saturated carbocycles. The summed E-state index contributed by atoms with van der Waals surface area (Å²) in [7, 11) is 0. The van der Waals surface area contributed by atoms with Gasteiger partial charge in [-0.05, 0) is 13.0 Å². The van der Waals surface area contributed by atoms with Crippen LogP contribution in [0.5, 0.6) is 0 Å². The molecule has 0 aromatic rings. The van der Waals surface area contributed by atoms with Crippen LogP contribution < -0.4 is 0 Å². The third-order valence-corrected chi connectivity index (χ3v) is 0.899. The lowest BCUT2D eigenvalue weighted by molar-refractivity contribution is 0.343. The van der Waals surface area contributed by atoms with E-state index in [0.29, 0.717) is 0 Å². The highest BCUT2D eigenvalue weighted by Gasteiger charge is 1.62. The summed E-state index contributed by atoms with van der Waals surface area (Å²) in [5.74, 6) is 5.52. The van der Waals surface area contributed by atoms with Gasteiger partial charge in [-0.1, -0.05) is 36.3 Å². The molecule has 0 aliphatic heterocycles. The summed E-state index contributed by atoms with van der Waals surface area (Å²) in [6.07, 6.45) is 10.8. The summed E-state index contributed by atoms with van der Waals surface area (Å²) in [5.41, 5.74) is 0. The SMILES string of the molecule is CC#C/C=C/C=C/C=C/CO. The number of aliphatic hydroxyl groups is 1. The van der Waals surface area contributed by atoms with Gasteiger partial charge in [0.15, 0.2) is 0 Å². The van der Waals surface area contributed by atoms with Crippen LogP contribution >= 0.6 is 0 Å². The van der Waals surface area contributed by atoms with Crippen molar-refractivity contribution in [3.05, 3.63) is 36.5 Å².